The molecule has 166 valence electrons. The van der Waals surface area contributed by atoms with Crippen molar-refractivity contribution in [3.05, 3.63) is 72.0 Å². The van der Waals surface area contributed by atoms with Crippen LogP contribution in [0.25, 0.3) is 6.08 Å². The second kappa shape index (κ2) is 10.1. The molecule has 1 amide bonds. The molecule has 11 heteroatoms. The lowest BCUT2D eigenvalue weighted by atomic mass is 10.2. The van der Waals surface area contributed by atoms with Gasteiger partial charge in [-0.25, -0.2) is 8.42 Å². The summed E-state index contributed by atoms with van der Waals surface area (Å²) in [6, 6.07) is 14.6. The molecule has 0 saturated carbocycles. The average Bonchev–Trinajstić information content (AvgIpc) is 3.16. The fourth-order valence-corrected chi connectivity index (χ4v) is 3.82. The summed E-state index contributed by atoms with van der Waals surface area (Å²) in [5.74, 6) is 0.783. The van der Waals surface area contributed by atoms with E-state index >= 15 is 0 Å². The first-order valence-corrected chi connectivity index (χ1v) is 11.2. The van der Waals surface area contributed by atoms with Gasteiger partial charge in [-0.05, 0) is 55.5 Å². The lowest BCUT2D eigenvalue weighted by Crippen LogP contribution is -2.32. The van der Waals surface area contributed by atoms with Crippen molar-refractivity contribution in [2.24, 2.45) is 0 Å². The maximum absolute atomic E-state index is 12.4. The van der Waals surface area contributed by atoms with Crippen LogP contribution >= 0.6 is 12.2 Å². The molecule has 2 aromatic carbocycles. The monoisotopic (exact) mass is 472 g/mol. The second-order valence-electron chi connectivity index (χ2n) is 6.47. The lowest BCUT2D eigenvalue weighted by molar-refractivity contribution is -0.115. The highest BCUT2D eigenvalue weighted by molar-refractivity contribution is 7.92. The van der Waals surface area contributed by atoms with Crippen LogP contribution in [0.15, 0.2) is 70.1 Å². The van der Waals surface area contributed by atoms with E-state index in [-0.39, 0.29) is 15.8 Å². The number of aryl methyl sites for hydroxylation is 1. The Balaban J connectivity index is 1.57. The number of carbonyl (C=O) groups excluding carboxylic acids is 1. The van der Waals surface area contributed by atoms with Crippen molar-refractivity contribution in [1.29, 1.82) is 0 Å². The average molecular weight is 473 g/mol. The highest BCUT2D eigenvalue weighted by Crippen LogP contribution is 2.19. The fraction of sp³-hybridized carbons (Fsp3) is 0.0952. The van der Waals surface area contributed by atoms with Crippen molar-refractivity contribution in [3.8, 4) is 5.75 Å². The van der Waals surface area contributed by atoms with E-state index in [2.05, 4.69) is 20.5 Å². The molecular formula is C21H20N4O5S2. The standard InChI is InChI=1S/C21H20N4O5S2/c1-14-13-19(24-30-14)25-32(27,28)17-10-8-16(9-11-17)22-21(31)23-20(26)12-7-15-5-3-4-6-18(15)29-2/h3-13H,1-2H3,(H,24,25)(H2,22,23,26,31). The molecule has 3 rings (SSSR count). The van der Waals surface area contributed by atoms with Crippen LogP contribution in [0.3, 0.4) is 0 Å². The number of para-hydroxylation sites is 1. The molecule has 9 nitrogen and oxygen atoms in total. The van der Waals surface area contributed by atoms with Crippen molar-refractivity contribution in [2.75, 3.05) is 17.1 Å². The number of thiocarbonyl (C=S) groups is 1. The summed E-state index contributed by atoms with van der Waals surface area (Å²) < 4.78 is 37.2. The summed E-state index contributed by atoms with van der Waals surface area (Å²) >= 11 is 5.14. The highest BCUT2D eigenvalue weighted by atomic mass is 32.2. The van der Waals surface area contributed by atoms with Gasteiger partial charge in [0.25, 0.3) is 10.0 Å². The van der Waals surface area contributed by atoms with E-state index in [0.29, 0.717) is 17.2 Å². The Morgan fingerprint density at radius 1 is 1.16 bits per heavy atom. The molecule has 0 fully saturated rings. The Labute approximate surface area is 190 Å². The number of aromatic nitrogens is 1. The predicted octanol–water partition coefficient (Wildman–Crippen LogP) is 3.32. The molecule has 0 aliphatic heterocycles. The van der Waals surface area contributed by atoms with Gasteiger partial charge in [-0.3, -0.25) is 14.8 Å². The zero-order chi connectivity index (χ0) is 23.1. The van der Waals surface area contributed by atoms with Gasteiger partial charge in [0.1, 0.15) is 11.5 Å². The van der Waals surface area contributed by atoms with Crippen LogP contribution in [-0.2, 0) is 14.8 Å². The Hall–Kier alpha value is -3.70. The van der Waals surface area contributed by atoms with Gasteiger partial charge in [-0.2, -0.15) is 0 Å². The van der Waals surface area contributed by atoms with E-state index in [4.69, 9.17) is 21.5 Å². The van der Waals surface area contributed by atoms with E-state index in [0.717, 1.165) is 5.56 Å². The highest BCUT2D eigenvalue weighted by Gasteiger charge is 2.16. The molecule has 3 aromatic rings. The number of anilines is 2. The first kappa shape index (κ1) is 23.0. The van der Waals surface area contributed by atoms with Gasteiger partial charge in [0, 0.05) is 23.4 Å². The number of rotatable bonds is 7. The number of benzene rings is 2. The minimum absolute atomic E-state index is 0.0263. The van der Waals surface area contributed by atoms with Gasteiger partial charge in [0.2, 0.25) is 5.91 Å². The summed E-state index contributed by atoms with van der Waals surface area (Å²) in [4.78, 5) is 12.1. The smallest absolute Gasteiger partial charge is 0.263 e. The van der Waals surface area contributed by atoms with Crippen molar-refractivity contribution in [2.45, 2.75) is 11.8 Å². The van der Waals surface area contributed by atoms with Gasteiger partial charge in [0.05, 0.1) is 12.0 Å². The van der Waals surface area contributed by atoms with Crippen molar-refractivity contribution in [3.63, 3.8) is 0 Å². The van der Waals surface area contributed by atoms with E-state index in [1.165, 1.54) is 36.4 Å². The van der Waals surface area contributed by atoms with Gasteiger partial charge in [-0.1, -0.05) is 23.4 Å². The number of sulfonamides is 1. The van der Waals surface area contributed by atoms with Crippen LogP contribution in [0.2, 0.25) is 0 Å². The Morgan fingerprint density at radius 2 is 1.88 bits per heavy atom. The van der Waals surface area contributed by atoms with Crippen LogP contribution in [0.1, 0.15) is 11.3 Å². The maximum atomic E-state index is 12.4. The van der Waals surface area contributed by atoms with E-state index in [1.54, 1.807) is 26.2 Å². The second-order valence-corrected chi connectivity index (χ2v) is 8.56. The van der Waals surface area contributed by atoms with Crippen LogP contribution in [-0.4, -0.2) is 31.7 Å². The number of carbonyl (C=O) groups is 1. The summed E-state index contributed by atoms with van der Waals surface area (Å²) in [5.41, 5.74) is 1.25. The van der Waals surface area contributed by atoms with Crippen LogP contribution in [0.4, 0.5) is 11.5 Å². The van der Waals surface area contributed by atoms with Gasteiger partial charge >= 0.3 is 0 Å². The molecule has 0 spiro atoms. The summed E-state index contributed by atoms with van der Waals surface area (Å²) in [6.45, 7) is 1.65. The number of hydrogen-bond donors (Lipinski definition) is 3. The summed E-state index contributed by atoms with van der Waals surface area (Å²) in [5, 5.41) is 9.01. The molecular weight excluding hydrogens is 452 g/mol. The third-order valence-electron chi connectivity index (χ3n) is 4.08. The Kier molecular flexibility index (Phi) is 7.23. The molecule has 0 aliphatic rings. The van der Waals surface area contributed by atoms with Crippen LogP contribution in [0, 0.1) is 6.92 Å². The predicted molar refractivity (Wildman–Crippen MR) is 125 cm³/mol. The molecule has 0 radical (unpaired) electrons. The third kappa shape index (κ3) is 6.15. The van der Waals surface area contributed by atoms with E-state index in [9.17, 15) is 13.2 Å². The Morgan fingerprint density at radius 3 is 2.53 bits per heavy atom. The minimum atomic E-state index is -3.83. The van der Waals surface area contributed by atoms with Crippen LogP contribution in [0.5, 0.6) is 5.75 Å². The zero-order valence-electron chi connectivity index (χ0n) is 17.2. The topological polar surface area (TPSA) is 123 Å². The van der Waals surface area contributed by atoms with Crippen molar-refractivity contribution >= 4 is 50.8 Å². The summed E-state index contributed by atoms with van der Waals surface area (Å²) in [6.07, 6.45) is 2.94. The number of amides is 1. The van der Waals surface area contributed by atoms with Gasteiger partial charge < -0.3 is 14.6 Å². The first-order valence-electron chi connectivity index (χ1n) is 9.26. The van der Waals surface area contributed by atoms with Gasteiger partial charge in [-0.15, -0.1) is 0 Å². The van der Waals surface area contributed by atoms with Gasteiger partial charge in [0.15, 0.2) is 10.9 Å². The molecule has 0 atom stereocenters. The number of hydrogen-bond acceptors (Lipinski definition) is 7. The number of nitrogens with one attached hydrogen (secondary N) is 3. The molecule has 0 saturated heterocycles. The molecule has 0 unspecified atom stereocenters. The van der Waals surface area contributed by atoms with Crippen LogP contribution < -0.4 is 20.1 Å². The number of methoxy groups -OCH3 is 1. The zero-order valence-corrected chi connectivity index (χ0v) is 18.8. The third-order valence-corrected chi connectivity index (χ3v) is 5.65. The van der Waals surface area contributed by atoms with Crippen molar-refractivity contribution in [1.82, 2.24) is 10.5 Å². The molecule has 1 heterocycles. The maximum Gasteiger partial charge on any atom is 0.263 e. The van der Waals surface area contributed by atoms with Crippen molar-refractivity contribution < 1.29 is 22.5 Å². The lowest BCUT2D eigenvalue weighted by Gasteiger charge is -2.10. The van der Waals surface area contributed by atoms with E-state index < -0.39 is 15.9 Å². The molecule has 1 aromatic heterocycles. The van der Waals surface area contributed by atoms with E-state index in [1.807, 2.05) is 18.2 Å². The molecule has 32 heavy (non-hydrogen) atoms. The number of nitrogens with zero attached hydrogens (tertiary/aromatic N) is 1. The first-order chi connectivity index (χ1) is 15.3. The fourth-order valence-electron chi connectivity index (χ4n) is 2.61. The normalized spacial score (nSPS) is 11.2. The molecule has 0 aliphatic carbocycles. The number of ether oxygens (including phenoxy) is 1. The minimum Gasteiger partial charge on any atom is -0.496 e. The molecule has 3 N–H and O–H groups in total. The largest absolute Gasteiger partial charge is 0.496 e. The quantitative estimate of drug-likeness (QED) is 0.354. The summed E-state index contributed by atoms with van der Waals surface area (Å²) in [7, 11) is -2.28. The molecule has 0 bridgehead atoms. The Bertz CT molecular complexity index is 1250. The SMILES string of the molecule is COc1ccccc1C=CC(=O)NC(=S)Nc1ccc(S(=O)(=O)Nc2cc(C)on2)cc1.